The number of aromatic nitrogens is 2. The predicted octanol–water partition coefficient (Wildman–Crippen LogP) is 0.780. The summed E-state index contributed by atoms with van der Waals surface area (Å²) >= 11 is 0.968. The summed E-state index contributed by atoms with van der Waals surface area (Å²) in [6, 6.07) is 6.01. The number of carbonyl (C=O) groups is 1. The second kappa shape index (κ2) is 6.18. The highest BCUT2D eigenvalue weighted by Gasteiger charge is 2.20. The third-order valence-corrected chi connectivity index (χ3v) is 4.23. The number of nitrogens with zero attached hydrogens (tertiary/aromatic N) is 2. The maximum atomic E-state index is 13.5. The number of hydrogen-bond donors (Lipinski definition) is 1. The van der Waals surface area contributed by atoms with Gasteiger partial charge >= 0.3 is 5.69 Å². The van der Waals surface area contributed by atoms with Crippen LogP contribution in [0.4, 0.5) is 10.2 Å². The molecule has 1 heterocycles. The number of halogens is 1. The van der Waals surface area contributed by atoms with E-state index in [0.717, 1.165) is 20.9 Å². The third-order valence-electron chi connectivity index (χ3n) is 3.18. The maximum Gasteiger partial charge on any atom is 0.332 e. The SMILES string of the molecule is Cn1c(N)c(C(=O)CSc2ccccc2F)c(=O)n(C)c1=O. The van der Waals surface area contributed by atoms with Crippen LogP contribution >= 0.6 is 11.8 Å². The van der Waals surface area contributed by atoms with Gasteiger partial charge in [-0.05, 0) is 12.1 Å². The average molecular weight is 323 g/mol. The number of nitrogen functional groups attached to an aromatic ring is 1. The molecule has 1 aromatic carbocycles. The van der Waals surface area contributed by atoms with Crippen molar-refractivity contribution in [3.8, 4) is 0 Å². The molecular weight excluding hydrogens is 309 g/mol. The fourth-order valence-electron chi connectivity index (χ4n) is 1.90. The molecule has 22 heavy (non-hydrogen) atoms. The Kier molecular flexibility index (Phi) is 4.51. The second-order valence-corrected chi connectivity index (χ2v) is 5.63. The highest BCUT2D eigenvalue weighted by atomic mass is 32.2. The zero-order chi connectivity index (χ0) is 16.4. The summed E-state index contributed by atoms with van der Waals surface area (Å²) in [5.74, 6) is -1.34. The molecule has 0 radical (unpaired) electrons. The van der Waals surface area contributed by atoms with Crippen LogP contribution in [-0.2, 0) is 14.1 Å². The van der Waals surface area contributed by atoms with Crippen molar-refractivity contribution in [2.45, 2.75) is 4.90 Å². The largest absolute Gasteiger partial charge is 0.384 e. The van der Waals surface area contributed by atoms with Gasteiger partial charge < -0.3 is 5.73 Å². The van der Waals surface area contributed by atoms with Gasteiger partial charge in [0.1, 0.15) is 17.2 Å². The van der Waals surface area contributed by atoms with E-state index in [1.165, 1.54) is 26.2 Å². The first-order valence-electron chi connectivity index (χ1n) is 6.30. The first kappa shape index (κ1) is 16.0. The Bertz CT molecular complexity index is 857. The summed E-state index contributed by atoms with van der Waals surface area (Å²) in [6.07, 6.45) is 0. The van der Waals surface area contributed by atoms with Gasteiger partial charge in [0.05, 0.1) is 5.75 Å². The van der Waals surface area contributed by atoms with Gasteiger partial charge in [-0.25, -0.2) is 9.18 Å². The maximum absolute atomic E-state index is 13.5. The first-order chi connectivity index (χ1) is 10.3. The van der Waals surface area contributed by atoms with Crippen molar-refractivity contribution < 1.29 is 9.18 Å². The van der Waals surface area contributed by atoms with Gasteiger partial charge in [0.2, 0.25) is 0 Å². The number of hydrogen-bond acceptors (Lipinski definition) is 5. The molecule has 0 fully saturated rings. The van der Waals surface area contributed by atoms with E-state index in [9.17, 15) is 18.8 Å². The van der Waals surface area contributed by atoms with E-state index in [1.807, 2.05) is 0 Å². The van der Waals surface area contributed by atoms with Crippen molar-refractivity contribution in [3.63, 3.8) is 0 Å². The summed E-state index contributed by atoms with van der Waals surface area (Å²) in [4.78, 5) is 36.3. The number of nitrogens with two attached hydrogens (primary N) is 1. The fourth-order valence-corrected chi connectivity index (χ4v) is 2.71. The van der Waals surface area contributed by atoms with Crippen LogP contribution in [0.3, 0.4) is 0 Å². The molecule has 0 saturated heterocycles. The molecule has 0 aliphatic rings. The Balaban J connectivity index is 2.34. The van der Waals surface area contributed by atoms with E-state index >= 15 is 0 Å². The van der Waals surface area contributed by atoms with Crippen molar-refractivity contribution >= 4 is 23.4 Å². The Morgan fingerprint density at radius 1 is 1.23 bits per heavy atom. The third kappa shape index (κ3) is 2.82. The van der Waals surface area contributed by atoms with Crippen LogP contribution in [0.5, 0.6) is 0 Å². The highest BCUT2D eigenvalue weighted by molar-refractivity contribution is 8.00. The molecule has 2 N–H and O–H groups in total. The van der Waals surface area contributed by atoms with Gasteiger partial charge in [-0.3, -0.25) is 18.7 Å². The topological polar surface area (TPSA) is 87.1 Å². The first-order valence-corrected chi connectivity index (χ1v) is 7.29. The fraction of sp³-hybridized carbons (Fsp3) is 0.214. The molecule has 6 nitrogen and oxygen atoms in total. The molecule has 2 rings (SSSR count). The number of thioether (sulfide) groups is 1. The van der Waals surface area contributed by atoms with E-state index in [1.54, 1.807) is 12.1 Å². The molecule has 8 heteroatoms. The van der Waals surface area contributed by atoms with Gasteiger partial charge in [0.25, 0.3) is 5.56 Å². The second-order valence-electron chi connectivity index (χ2n) is 4.61. The molecule has 0 saturated carbocycles. The van der Waals surface area contributed by atoms with E-state index in [-0.39, 0.29) is 17.1 Å². The van der Waals surface area contributed by atoms with Gasteiger partial charge in [-0.15, -0.1) is 11.8 Å². The quantitative estimate of drug-likeness (QED) is 0.664. The van der Waals surface area contributed by atoms with Crippen LogP contribution in [0.2, 0.25) is 0 Å². The number of carbonyl (C=O) groups excluding carboxylic acids is 1. The zero-order valence-corrected chi connectivity index (χ0v) is 12.8. The number of benzene rings is 1. The van der Waals surface area contributed by atoms with Crippen LogP contribution < -0.4 is 17.0 Å². The number of ketones is 1. The van der Waals surface area contributed by atoms with Crippen LogP contribution in [0.25, 0.3) is 0 Å². The van der Waals surface area contributed by atoms with Crippen LogP contribution in [-0.4, -0.2) is 20.7 Å². The molecular formula is C14H14FN3O3S. The Morgan fingerprint density at radius 2 is 1.86 bits per heavy atom. The van der Waals surface area contributed by atoms with Gasteiger partial charge in [0, 0.05) is 19.0 Å². The molecule has 1 aromatic heterocycles. The average Bonchev–Trinajstić information content (AvgIpc) is 2.50. The lowest BCUT2D eigenvalue weighted by molar-refractivity contribution is 0.102. The monoisotopic (exact) mass is 323 g/mol. The molecule has 0 atom stereocenters. The van der Waals surface area contributed by atoms with E-state index in [4.69, 9.17) is 5.73 Å². The van der Waals surface area contributed by atoms with Crippen molar-refractivity contribution in [2.24, 2.45) is 14.1 Å². The number of anilines is 1. The summed E-state index contributed by atoms with van der Waals surface area (Å²) < 4.78 is 15.4. The van der Waals surface area contributed by atoms with Crippen LogP contribution in [0.15, 0.2) is 38.8 Å². The summed E-state index contributed by atoms with van der Waals surface area (Å²) in [5, 5.41) is 0. The van der Waals surface area contributed by atoms with Crippen molar-refractivity contribution in [2.75, 3.05) is 11.5 Å². The Hall–Kier alpha value is -2.35. The van der Waals surface area contributed by atoms with Crippen molar-refractivity contribution in [1.29, 1.82) is 0 Å². The molecule has 0 bridgehead atoms. The minimum absolute atomic E-state index is 0.154. The van der Waals surface area contributed by atoms with Gasteiger partial charge in [-0.2, -0.15) is 0 Å². The Morgan fingerprint density at radius 3 is 2.50 bits per heavy atom. The minimum Gasteiger partial charge on any atom is -0.384 e. The number of Topliss-reactive ketones (excluding diaryl/α,β-unsaturated/α-hetero) is 1. The van der Waals surface area contributed by atoms with Crippen LogP contribution in [0, 0.1) is 5.82 Å². The van der Waals surface area contributed by atoms with Crippen LogP contribution in [0.1, 0.15) is 10.4 Å². The predicted molar refractivity (Wildman–Crippen MR) is 82.8 cm³/mol. The van der Waals surface area contributed by atoms with Crippen molar-refractivity contribution in [1.82, 2.24) is 9.13 Å². The summed E-state index contributed by atoms with van der Waals surface area (Å²) in [7, 11) is 2.64. The lowest BCUT2D eigenvalue weighted by Gasteiger charge is -2.10. The molecule has 0 aliphatic carbocycles. The summed E-state index contributed by atoms with van der Waals surface area (Å²) in [6.45, 7) is 0. The lowest BCUT2D eigenvalue weighted by Crippen LogP contribution is -2.41. The summed E-state index contributed by atoms with van der Waals surface area (Å²) in [5.41, 5.74) is 4.08. The van der Waals surface area contributed by atoms with Gasteiger partial charge in [-0.1, -0.05) is 12.1 Å². The zero-order valence-electron chi connectivity index (χ0n) is 12.0. The van der Waals surface area contributed by atoms with E-state index < -0.39 is 22.8 Å². The number of rotatable bonds is 4. The highest BCUT2D eigenvalue weighted by Crippen LogP contribution is 2.22. The van der Waals surface area contributed by atoms with Crippen molar-refractivity contribution in [3.05, 3.63) is 56.5 Å². The van der Waals surface area contributed by atoms with Gasteiger partial charge in [0.15, 0.2) is 5.78 Å². The minimum atomic E-state index is -0.750. The lowest BCUT2D eigenvalue weighted by atomic mass is 10.2. The molecule has 116 valence electrons. The molecule has 0 amide bonds. The normalized spacial score (nSPS) is 10.7. The standard InChI is InChI=1S/C14H14FN3O3S/c1-17-12(16)11(13(20)18(2)14(17)21)9(19)7-22-10-6-4-3-5-8(10)15/h3-6H,7,16H2,1-2H3. The van der Waals surface area contributed by atoms with E-state index in [0.29, 0.717) is 4.90 Å². The molecule has 0 aliphatic heterocycles. The Labute approximate surface area is 129 Å². The van der Waals surface area contributed by atoms with E-state index in [2.05, 4.69) is 0 Å². The smallest absolute Gasteiger partial charge is 0.332 e. The molecule has 0 unspecified atom stereocenters. The molecule has 2 aromatic rings. The molecule has 0 spiro atoms.